The molecule has 1 aromatic carbocycles. The van der Waals surface area contributed by atoms with E-state index in [0.29, 0.717) is 17.9 Å². The molecule has 5 nitrogen and oxygen atoms in total. The Hall–Kier alpha value is -2.17. The number of nitrogens with zero attached hydrogens (tertiary/aromatic N) is 3. The van der Waals surface area contributed by atoms with Crippen molar-refractivity contribution in [3.05, 3.63) is 40.8 Å². The van der Waals surface area contributed by atoms with Gasteiger partial charge in [0.2, 0.25) is 5.96 Å². The molecule has 0 saturated heterocycles. The molecule has 2 heterocycles. The van der Waals surface area contributed by atoms with Gasteiger partial charge in [0.15, 0.2) is 0 Å². The summed E-state index contributed by atoms with van der Waals surface area (Å²) >= 11 is 0. The van der Waals surface area contributed by atoms with Crippen molar-refractivity contribution in [3.8, 4) is 0 Å². The Morgan fingerprint density at radius 1 is 1.31 bits per heavy atom. The van der Waals surface area contributed by atoms with Gasteiger partial charge in [-0.15, -0.1) is 0 Å². The number of nitrogens with one attached hydrogen (secondary N) is 1. The van der Waals surface area contributed by atoms with Gasteiger partial charge in [-0.1, -0.05) is 18.2 Å². The van der Waals surface area contributed by atoms with Gasteiger partial charge >= 0.3 is 0 Å². The highest BCUT2D eigenvalue weighted by atomic mass is 16.1. The second kappa shape index (κ2) is 3.44. The highest BCUT2D eigenvalue weighted by molar-refractivity contribution is 5.87. The quantitative estimate of drug-likeness (QED) is 0.681. The Bertz CT molecular complexity index is 629. The highest BCUT2D eigenvalue weighted by Gasteiger charge is 2.11. The molecule has 3 rings (SSSR count). The molecule has 16 heavy (non-hydrogen) atoms. The van der Waals surface area contributed by atoms with E-state index in [1.165, 1.54) is 4.68 Å². The summed E-state index contributed by atoms with van der Waals surface area (Å²) in [6.45, 7) is 1.45. The minimum Gasteiger partial charge on any atom is -0.353 e. The summed E-state index contributed by atoms with van der Waals surface area (Å²) in [5, 5.41) is 8.64. The van der Waals surface area contributed by atoms with Crippen LogP contribution in [-0.4, -0.2) is 28.8 Å². The van der Waals surface area contributed by atoms with Crippen LogP contribution < -0.4 is 10.9 Å². The van der Waals surface area contributed by atoms with E-state index in [4.69, 9.17) is 0 Å². The van der Waals surface area contributed by atoms with E-state index < -0.39 is 0 Å². The van der Waals surface area contributed by atoms with Gasteiger partial charge in [-0.3, -0.25) is 4.79 Å². The lowest BCUT2D eigenvalue weighted by Gasteiger charge is -2.05. The van der Waals surface area contributed by atoms with Crippen LogP contribution in [0, 0.1) is 0 Å². The fourth-order valence-corrected chi connectivity index (χ4v) is 1.77. The van der Waals surface area contributed by atoms with Crippen molar-refractivity contribution in [2.24, 2.45) is 4.99 Å². The van der Waals surface area contributed by atoms with E-state index in [-0.39, 0.29) is 5.56 Å². The Morgan fingerprint density at radius 2 is 2.19 bits per heavy atom. The number of aliphatic imine (C=N–C) groups is 1. The fraction of sp³-hybridized carbons (Fsp3) is 0.182. The van der Waals surface area contributed by atoms with E-state index in [2.05, 4.69) is 15.4 Å². The molecule has 1 aromatic heterocycles. The number of fused-ring (bicyclic) bond motifs is 1. The number of hydrogen-bond acceptors (Lipinski definition) is 4. The summed E-state index contributed by atoms with van der Waals surface area (Å²) in [6, 6.07) is 7.40. The molecule has 0 fully saturated rings. The van der Waals surface area contributed by atoms with Crippen molar-refractivity contribution in [2.45, 2.75) is 0 Å². The lowest BCUT2D eigenvalue weighted by atomic mass is 10.2. The van der Waals surface area contributed by atoms with Crippen molar-refractivity contribution in [1.82, 2.24) is 15.1 Å². The molecule has 0 atom stereocenters. The molecule has 80 valence electrons. The van der Waals surface area contributed by atoms with Crippen molar-refractivity contribution < 1.29 is 0 Å². The van der Waals surface area contributed by atoms with Gasteiger partial charge in [0.1, 0.15) is 0 Å². The summed E-state index contributed by atoms with van der Waals surface area (Å²) in [5.41, 5.74) is -0.133. The molecule has 0 saturated carbocycles. The molecule has 1 aliphatic rings. The number of benzene rings is 1. The van der Waals surface area contributed by atoms with Crippen LogP contribution >= 0.6 is 0 Å². The molecule has 0 amide bonds. The highest BCUT2D eigenvalue weighted by Crippen LogP contribution is 2.06. The smallest absolute Gasteiger partial charge is 0.282 e. The van der Waals surface area contributed by atoms with E-state index in [1.54, 1.807) is 12.3 Å². The third-order valence-corrected chi connectivity index (χ3v) is 2.55. The monoisotopic (exact) mass is 214 g/mol. The van der Waals surface area contributed by atoms with E-state index in [9.17, 15) is 4.79 Å². The first-order valence-corrected chi connectivity index (χ1v) is 5.12. The fourth-order valence-electron chi connectivity index (χ4n) is 1.77. The summed E-state index contributed by atoms with van der Waals surface area (Å²) in [6.07, 6.45) is 1.68. The molecular formula is C11H10N4O. The summed E-state index contributed by atoms with van der Waals surface area (Å²) in [4.78, 5) is 16.3. The molecule has 1 N–H and O–H groups in total. The van der Waals surface area contributed by atoms with E-state index in [0.717, 1.165) is 11.9 Å². The predicted octanol–water partition coefficient (Wildman–Crippen LogP) is 0.204. The lowest BCUT2D eigenvalue weighted by Crippen LogP contribution is -2.36. The van der Waals surface area contributed by atoms with Crippen LogP contribution in [0.4, 0.5) is 0 Å². The van der Waals surface area contributed by atoms with Crippen molar-refractivity contribution in [3.63, 3.8) is 0 Å². The Balaban J connectivity index is 2.28. The molecule has 2 aromatic rings. The first-order valence-electron chi connectivity index (χ1n) is 5.12. The molecule has 0 bridgehead atoms. The lowest BCUT2D eigenvalue weighted by molar-refractivity contribution is 0.829. The van der Waals surface area contributed by atoms with Crippen molar-refractivity contribution in [2.75, 3.05) is 13.1 Å². The van der Waals surface area contributed by atoms with Crippen LogP contribution in [0.5, 0.6) is 0 Å². The van der Waals surface area contributed by atoms with Gasteiger partial charge in [-0.05, 0) is 6.07 Å². The first-order chi connectivity index (χ1) is 7.86. The first kappa shape index (κ1) is 9.08. The largest absolute Gasteiger partial charge is 0.353 e. The van der Waals surface area contributed by atoms with Gasteiger partial charge in [0, 0.05) is 11.9 Å². The molecule has 0 unspecified atom stereocenters. The van der Waals surface area contributed by atoms with Gasteiger partial charge in [-0.2, -0.15) is 9.78 Å². The molecule has 1 aliphatic heterocycles. The zero-order valence-corrected chi connectivity index (χ0v) is 8.55. The van der Waals surface area contributed by atoms with Gasteiger partial charge in [0.05, 0.1) is 18.1 Å². The van der Waals surface area contributed by atoms with Gasteiger partial charge in [-0.25, -0.2) is 4.99 Å². The van der Waals surface area contributed by atoms with E-state index >= 15 is 0 Å². The maximum atomic E-state index is 12.1. The van der Waals surface area contributed by atoms with Crippen LogP contribution in [-0.2, 0) is 0 Å². The standard InChI is InChI=1S/C11H10N4O/c16-10-9-4-2-1-3-8(9)7-14-15(10)11-12-5-6-13-11/h1-4,7H,5-6H2,(H,12,13). The van der Waals surface area contributed by atoms with Crippen molar-refractivity contribution >= 4 is 16.7 Å². The van der Waals surface area contributed by atoms with Gasteiger partial charge < -0.3 is 5.32 Å². The summed E-state index contributed by atoms with van der Waals surface area (Å²) < 4.78 is 1.31. The Morgan fingerprint density at radius 3 is 3.00 bits per heavy atom. The maximum absolute atomic E-state index is 12.1. The molecule has 0 radical (unpaired) electrons. The normalized spacial score (nSPS) is 14.9. The molecule has 0 aliphatic carbocycles. The predicted molar refractivity (Wildman–Crippen MR) is 61.7 cm³/mol. The maximum Gasteiger partial charge on any atom is 0.282 e. The average Bonchev–Trinajstić information content (AvgIpc) is 2.83. The number of hydrogen-bond donors (Lipinski definition) is 1. The van der Waals surface area contributed by atoms with Crippen LogP contribution in [0.25, 0.3) is 10.8 Å². The van der Waals surface area contributed by atoms with Crippen LogP contribution in [0.3, 0.4) is 0 Å². The minimum absolute atomic E-state index is 0.133. The Labute approximate surface area is 91.4 Å². The number of rotatable bonds is 0. The number of aromatic nitrogens is 2. The van der Waals surface area contributed by atoms with Gasteiger partial charge in [0.25, 0.3) is 5.56 Å². The SMILES string of the molecule is O=c1c2ccccc2cnn1C1=NCCN1. The molecular weight excluding hydrogens is 204 g/mol. The van der Waals surface area contributed by atoms with Crippen LogP contribution in [0.15, 0.2) is 40.2 Å². The average molecular weight is 214 g/mol. The zero-order chi connectivity index (χ0) is 11.0. The summed E-state index contributed by atoms with van der Waals surface area (Å²) in [7, 11) is 0. The van der Waals surface area contributed by atoms with Crippen molar-refractivity contribution in [1.29, 1.82) is 0 Å². The topological polar surface area (TPSA) is 59.3 Å². The van der Waals surface area contributed by atoms with Crippen LogP contribution in [0.2, 0.25) is 0 Å². The second-order valence-corrected chi connectivity index (χ2v) is 3.58. The zero-order valence-electron chi connectivity index (χ0n) is 8.55. The molecule has 5 heteroatoms. The Kier molecular flexibility index (Phi) is 1.96. The second-order valence-electron chi connectivity index (χ2n) is 3.58. The third-order valence-electron chi connectivity index (χ3n) is 2.55. The third kappa shape index (κ3) is 1.29. The molecule has 0 spiro atoms. The van der Waals surface area contributed by atoms with E-state index in [1.807, 2.05) is 18.2 Å². The summed E-state index contributed by atoms with van der Waals surface area (Å²) in [5.74, 6) is 0.538. The van der Waals surface area contributed by atoms with Crippen LogP contribution in [0.1, 0.15) is 0 Å². The minimum atomic E-state index is -0.133.